The Balaban J connectivity index is 2.10. The van der Waals surface area contributed by atoms with Gasteiger partial charge in [0.25, 0.3) is 0 Å². The van der Waals surface area contributed by atoms with E-state index in [-0.39, 0.29) is 6.61 Å². The van der Waals surface area contributed by atoms with Crippen molar-refractivity contribution in [3.63, 3.8) is 0 Å². The molecule has 0 bridgehead atoms. The fourth-order valence-corrected chi connectivity index (χ4v) is 1.80. The highest BCUT2D eigenvalue weighted by atomic mass is 16.6. The first-order chi connectivity index (χ1) is 7.81. The van der Waals surface area contributed by atoms with Gasteiger partial charge in [-0.15, -0.1) is 0 Å². The van der Waals surface area contributed by atoms with Gasteiger partial charge in [0, 0.05) is 5.56 Å². The molecule has 0 saturated heterocycles. The van der Waals surface area contributed by atoms with E-state index in [1.54, 1.807) is 0 Å². The first-order valence-electron chi connectivity index (χ1n) is 5.65. The molecule has 1 aliphatic heterocycles. The van der Waals surface area contributed by atoms with Crippen LogP contribution in [0.1, 0.15) is 18.5 Å². The third-order valence-corrected chi connectivity index (χ3v) is 2.74. The maximum Gasteiger partial charge on any atom is 0.161 e. The van der Waals surface area contributed by atoms with Gasteiger partial charge in [-0.25, -0.2) is 0 Å². The van der Waals surface area contributed by atoms with Crippen LogP contribution < -0.4 is 14.8 Å². The Bertz CT molecular complexity index is 354. The lowest BCUT2D eigenvalue weighted by Gasteiger charge is -2.20. The van der Waals surface area contributed by atoms with Crippen LogP contribution in [0.3, 0.4) is 0 Å². The Morgan fingerprint density at radius 2 is 2.06 bits per heavy atom. The lowest BCUT2D eigenvalue weighted by atomic mass is 10.1. The number of aliphatic hydroxyl groups is 1. The zero-order chi connectivity index (χ0) is 11.4. The van der Waals surface area contributed by atoms with Gasteiger partial charge >= 0.3 is 0 Å². The molecular weight excluding hydrogens is 206 g/mol. The van der Waals surface area contributed by atoms with Crippen molar-refractivity contribution in [2.75, 3.05) is 26.4 Å². The Morgan fingerprint density at radius 1 is 1.31 bits per heavy atom. The molecule has 0 unspecified atom stereocenters. The first-order valence-corrected chi connectivity index (χ1v) is 5.65. The molecule has 1 aromatic rings. The number of aliphatic hydroxyl groups excluding tert-OH is 1. The van der Waals surface area contributed by atoms with Crippen molar-refractivity contribution in [2.45, 2.75) is 13.0 Å². The standard InChI is InChI=1S/C12H17NO3/c1-9(13-4-5-14)10-2-3-11-12(8-10)16-7-6-15-11/h2-3,8-9,13-14H,4-7H2,1H3/p+1/t9-/m0/s1. The molecule has 2 rings (SSSR count). The summed E-state index contributed by atoms with van der Waals surface area (Å²) in [7, 11) is 0. The van der Waals surface area contributed by atoms with Crippen molar-refractivity contribution in [3.05, 3.63) is 23.8 Å². The normalized spacial score (nSPS) is 15.9. The number of nitrogens with two attached hydrogens (primary N) is 1. The Morgan fingerprint density at radius 3 is 2.81 bits per heavy atom. The highest BCUT2D eigenvalue weighted by molar-refractivity contribution is 5.44. The number of fused-ring (bicyclic) bond motifs is 1. The van der Waals surface area contributed by atoms with E-state index >= 15 is 0 Å². The average molecular weight is 224 g/mol. The summed E-state index contributed by atoms with van der Waals surface area (Å²) >= 11 is 0. The Hall–Kier alpha value is -1.26. The molecule has 1 heterocycles. The molecule has 0 radical (unpaired) electrons. The maximum absolute atomic E-state index is 8.78. The van der Waals surface area contributed by atoms with Crippen LogP contribution in [0.25, 0.3) is 0 Å². The summed E-state index contributed by atoms with van der Waals surface area (Å²) in [6, 6.07) is 6.34. The number of ether oxygens (including phenoxy) is 2. The summed E-state index contributed by atoms with van der Waals surface area (Å²) in [6.45, 7) is 4.27. The monoisotopic (exact) mass is 224 g/mol. The molecule has 3 N–H and O–H groups in total. The summed E-state index contributed by atoms with van der Waals surface area (Å²) in [5.74, 6) is 1.65. The van der Waals surface area contributed by atoms with E-state index in [9.17, 15) is 0 Å². The van der Waals surface area contributed by atoms with Gasteiger partial charge in [0.15, 0.2) is 11.5 Å². The van der Waals surface area contributed by atoms with E-state index in [0.717, 1.165) is 18.0 Å². The van der Waals surface area contributed by atoms with Gasteiger partial charge in [0.2, 0.25) is 0 Å². The minimum Gasteiger partial charge on any atom is -0.486 e. The topological polar surface area (TPSA) is 55.3 Å². The van der Waals surface area contributed by atoms with Gasteiger partial charge in [-0.1, -0.05) is 0 Å². The molecule has 0 aliphatic carbocycles. The molecule has 1 aromatic carbocycles. The van der Waals surface area contributed by atoms with Crippen molar-refractivity contribution in [3.8, 4) is 11.5 Å². The van der Waals surface area contributed by atoms with Crippen molar-refractivity contribution >= 4 is 0 Å². The second-order valence-electron chi connectivity index (χ2n) is 3.94. The molecule has 0 saturated carbocycles. The fraction of sp³-hybridized carbons (Fsp3) is 0.500. The summed E-state index contributed by atoms with van der Waals surface area (Å²) in [4.78, 5) is 0. The number of rotatable bonds is 4. The molecule has 1 aliphatic rings. The first kappa shape index (κ1) is 11.2. The molecule has 0 fully saturated rings. The van der Waals surface area contributed by atoms with E-state index in [2.05, 4.69) is 12.2 Å². The molecule has 0 aromatic heterocycles. The van der Waals surface area contributed by atoms with Crippen LogP contribution in [-0.2, 0) is 0 Å². The summed E-state index contributed by atoms with van der Waals surface area (Å²) in [5.41, 5.74) is 1.19. The van der Waals surface area contributed by atoms with Gasteiger partial charge in [-0.05, 0) is 25.1 Å². The molecule has 0 amide bonds. The fourth-order valence-electron chi connectivity index (χ4n) is 1.80. The van der Waals surface area contributed by atoms with Crippen molar-refractivity contribution in [1.82, 2.24) is 0 Å². The average Bonchev–Trinajstić information content (AvgIpc) is 2.35. The van der Waals surface area contributed by atoms with E-state index in [0.29, 0.717) is 19.3 Å². The molecule has 1 atom stereocenters. The molecular formula is C12H18NO3+. The number of hydrogen-bond acceptors (Lipinski definition) is 3. The van der Waals surface area contributed by atoms with Gasteiger partial charge in [0.1, 0.15) is 19.3 Å². The second-order valence-corrected chi connectivity index (χ2v) is 3.94. The lowest BCUT2D eigenvalue weighted by molar-refractivity contribution is -0.693. The quantitative estimate of drug-likeness (QED) is 0.761. The SMILES string of the molecule is C[C@H]([NH2+]CCO)c1ccc2c(c1)OCCO2. The third-order valence-electron chi connectivity index (χ3n) is 2.74. The molecule has 4 heteroatoms. The van der Waals surface area contributed by atoms with E-state index < -0.39 is 0 Å². The molecule has 0 spiro atoms. The Kier molecular flexibility index (Phi) is 3.64. The summed E-state index contributed by atoms with van der Waals surface area (Å²) in [6.07, 6.45) is 0. The zero-order valence-electron chi connectivity index (χ0n) is 9.48. The van der Waals surface area contributed by atoms with Crippen LogP contribution in [0, 0.1) is 0 Å². The van der Waals surface area contributed by atoms with E-state index in [1.165, 1.54) is 5.56 Å². The smallest absolute Gasteiger partial charge is 0.161 e. The molecule has 4 nitrogen and oxygen atoms in total. The minimum absolute atomic E-state index is 0.203. The maximum atomic E-state index is 8.78. The predicted octanol–water partition coefficient (Wildman–Crippen LogP) is 0.0745. The lowest BCUT2D eigenvalue weighted by Crippen LogP contribution is -2.85. The second kappa shape index (κ2) is 5.18. The van der Waals surface area contributed by atoms with Gasteiger partial charge in [0.05, 0.1) is 13.2 Å². The van der Waals surface area contributed by atoms with Crippen LogP contribution in [-0.4, -0.2) is 31.5 Å². The van der Waals surface area contributed by atoms with Crippen molar-refractivity contribution < 1.29 is 19.9 Å². The highest BCUT2D eigenvalue weighted by Crippen LogP contribution is 2.31. The van der Waals surface area contributed by atoms with Crippen LogP contribution in [0.15, 0.2) is 18.2 Å². The van der Waals surface area contributed by atoms with Crippen LogP contribution in [0.4, 0.5) is 0 Å². The minimum atomic E-state index is 0.203. The molecule has 88 valence electrons. The van der Waals surface area contributed by atoms with Gasteiger partial charge in [-0.3, -0.25) is 0 Å². The number of hydrogen-bond donors (Lipinski definition) is 2. The summed E-state index contributed by atoms with van der Waals surface area (Å²) in [5, 5.41) is 10.9. The van der Waals surface area contributed by atoms with E-state index in [1.807, 2.05) is 18.2 Å². The highest BCUT2D eigenvalue weighted by Gasteiger charge is 2.15. The Labute approximate surface area is 95.2 Å². The van der Waals surface area contributed by atoms with Crippen molar-refractivity contribution in [1.29, 1.82) is 0 Å². The third kappa shape index (κ3) is 2.46. The predicted molar refractivity (Wildman–Crippen MR) is 59.7 cm³/mol. The van der Waals surface area contributed by atoms with Gasteiger partial charge < -0.3 is 19.9 Å². The largest absolute Gasteiger partial charge is 0.486 e. The summed E-state index contributed by atoms with van der Waals surface area (Å²) < 4.78 is 11.0. The molecule has 16 heavy (non-hydrogen) atoms. The zero-order valence-corrected chi connectivity index (χ0v) is 9.48. The van der Waals surface area contributed by atoms with Crippen LogP contribution in [0.5, 0.6) is 11.5 Å². The van der Waals surface area contributed by atoms with Crippen molar-refractivity contribution in [2.24, 2.45) is 0 Å². The number of quaternary nitrogens is 1. The van der Waals surface area contributed by atoms with Crippen LogP contribution in [0.2, 0.25) is 0 Å². The van der Waals surface area contributed by atoms with Crippen LogP contribution >= 0.6 is 0 Å². The van der Waals surface area contributed by atoms with E-state index in [4.69, 9.17) is 14.6 Å². The van der Waals surface area contributed by atoms with Gasteiger partial charge in [-0.2, -0.15) is 0 Å². The number of benzene rings is 1.